The van der Waals surface area contributed by atoms with Gasteiger partial charge in [0.15, 0.2) is 5.78 Å². The molecule has 0 aliphatic rings. The predicted octanol–water partition coefficient (Wildman–Crippen LogP) is 3.34. The van der Waals surface area contributed by atoms with Gasteiger partial charge in [-0.3, -0.25) is 4.79 Å². The first-order valence-corrected chi connectivity index (χ1v) is 10.5. The van der Waals surface area contributed by atoms with E-state index < -0.39 is 44.5 Å². The highest BCUT2D eigenvalue weighted by Gasteiger charge is 2.36. The fraction of sp³-hybridized carbons (Fsp3) is 0.400. The maximum Gasteiger partial charge on any atom is 0.416 e. The Balaban J connectivity index is 2.47. The third-order valence-electron chi connectivity index (χ3n) is 5.32. The summed E-state index contributed by atoms with van der Waals surface area (Å²) in [5.41, 5.74) is -0.0490. The topological polar surface area (TPSA) is 85.7 Å². The van der Waals surface area contributed by atoms with Gasteiger partial charge in [-0.25, -0.2) is 13.2 Å². The van der Waals surface area contributed by atoms with E-state index >= 15 is 0 Å². The summed E-state index contributed by atoms with van der Waals surface area (Å²) < 4.78 is 71.7. The van der Waals surface area contributed by atoms with Gasteiger partial charge in [0.05, 0.1) is 23.6 Å². The number of Topliss-reactive ketones (excluding diaryl/α,β-unsaturated/α-hetero) is 1. The molecule has 7 nitrogen and oxygen atoms in total. The van der Waals surface area contributed by atoms with Crippen molar-refractivity contribution >= 4 is 21.8 Å². The van der Waals surface area contributed by atoms with Crippen LogP contribution in [0.2, 0.25) is 0 Å². The van der Waals surface area contributed by atoms with Gasteiger partial charge in [0.25, 0.3) is 0 Å². The number of halogens is 3. The van der Waals surface area contributed by atoms with Crippen molar-refractivity contribution in [2.75, 3.05) is 14.2 Å². The second-order valence-corrected chi connectivity index (χ2v) is 9.07. The van der Waals surface area contributed by atoms with Gasteiger partial charge in [-0.05, 0) is 44.5 Å². The number of ketones is 1. The molecular weight excluding hydrogens is 437 g/mol. The summed E-state index contributed by atoms with van der Waals surface area (Å²) in [4.78, 5) is 24.6. The van der Waals surface area contributed by atoms with E-state index in [1.807, 2.05) is 0 Å². The number of hydrogen-bond acceptors (Lipinski definition) is 5. The van der Waals surface area contributed by atoms with Crippen LogP contribution in [0.1, 0.15) is 44.6 Å². The number of alkyl halides is 3. The van der Waals surface area contributed by atoms with Crippen molar-refractivity contribution in [1.82, 2.24) is 8.87 Å². The number of hydrogen-bond donors (Lipinski definition) is 0. The van der Waals surface area contributed by atoms with Crippen molar-refractivity contribution in [1.29, 1.82) is 0 Å². The number of ether oxygens (including phenoxy) is 1. The minimum Gasteiger partial charge on any atom is -0.464 e. The second kappa shape index (κ2) is 8.46. The Morgan fingerprint density at radius 2 is 1.77 bits per heavy atom. The maximum atomic E-state index is 13.2. The van der Waals surface area contributed by atoms with Crippen LogP contribution in [0, 0.1) is 13.8 Å². The fourth-order valence-corrected chi connectivity index (χ4v) is 4.68. The summed E-state index contributed by atoms with van der Waals surface area (Å²) in [5.74, 6) is -1.25. The molecule has 170 valence electrons. The molecule has 2 aromatic rings. The molecule has 0 aliphatic carbocycles. The molecule has 0 N–H and O–H groups in total. The third kappa shape index (κ3) is 4.38. The number of carbonyl (C=O) groups is 2. The molecule has 0 spiro atoms. The molecule has 0 radical (unpaired) electrons. The van der Waals surface area contributed by atoms with Gasteiger partial charge in [-0.1, -0.05) is 6.07 Å². The van der Waals surface area contributed by atoms with E-state index in [0.29, 0.717) is 21.6 Å². The SMILES string of the molecule is COC(=O)c1c(C)c(C(=O)C(C)N(C)S(=O)(=O)c2cccc(C(F)(F)F)c2)c(C)n1C. The normalized spacial score (nSPS) is 13.4. The van der Waals surface area contributed by atoms with Crippen molar-refractivity contribution in [2.24, 2.45) is 7.05 Å². The predicted molar refractivity (Wildman–Crippen MR) is 106 cm³/mol. The van der Waals surface area contributed by atoms with E-state index in [2.05, 4.69) is 0 Å². The van der Waals surface area contributed by atoms with Crippen LogP contribution in [-0.2, 0) is 28.0 Å². The lowest BCUT2D eigenvalue weighted by molar-refractivity contribution is -0.137. The number of rotatable bonds is 6. The zero-order chi connectivity index (χ0) is 23.9. The van der Waals surface area contributed by atoms with Crippen molar-refractivity contribution in [2.45, 2.75) is 37.9 Å². The molecule has 0 bridgehead atoms. The minimum absolute atomic E-state index is 0.152. The van der Waals surface area contributed by atoms with E-state index in [-0.39, 0.29) is 11.3 Å². The fourth-order valence-electron chi connectivity index (χ4n) is 3.31. The van der Waals surface area contributed by atoms with E-state index in [1.165, 1.54) is 18.6 Å². The summed E-state index contributed by atoms with van der Waals surface area (Å²) in [7, 11) is -0.525. The molecule has 2 rings (SSSR count). The Morgan fingerprint density at radius 3 is 2.29 bits per heavy atom. The second-order valence-electron chi connectivity index (χ2n) is 7.07. The molecule has 1 aromatic heterocycles. The number of esters is 1. The third-order valence-corrected chi connectivity index (χ3v) is 7.24. The Labute approximate surface area is 178 Å². The summed E-state index contributed by atoms with van der Waals surface area (Å²) in [5, 5.41) is 0. The van der Waals surface area contributed by atoms with E-state index in [0.717, 1.165) is 25.2 Å². The average Bonchev–Trinajstić information content (AvgIpc) is 2.93. The average molecular weight is 460 g/mol. The molecule has 11 heteroatoms. The van der Waals surface area contributed by atoms with Crippen LogP contribution in [0.15, 0.2) is 29.2 Å². The molecule has 0 saturated carbocycles. The lowest BCUT2D eigenvalue weighted by Gasteiger charge is -2.24. The summed E-state index contributed by atoms with van der Waals surface area (Å²) in [6, 6.07) is 2.07. The summed E-state index contributed by atoms with van der Waals surface area (Å²) in [6.45, 7) is 4.47. The minimum atomic E-state index is -4.71. The van der Waals surface area contributed by atoms with Crippen LogP contribution in [0.3, 0.4) is 0 Å². The van der Waals surface area contributed by atoms with Crippen molar-refractivity contribution < 1.29 is 35.9 Å². The lowest BCUT2D eigenvalue weighted by Crippen LogP contribution is -2.40. The molecule has 1 unspecified atom stereocenters. The molecule has 31 heavy (non-hydrogen) atoms. The highest BCUT2D eigenvalue weighted by atomic mass is 32.2. The largest absolute Gasteiger partial charge is 0.464 e. The van der Waals surface area contributed by atoms with Gasteiger partial charge < -0.3 is 9.30 Å². The van der Waals surface area contributed by atoms with Crippen LogP contribution in [0.25, 0.3) is 0 Å². The maximum absolute atomic E-state index is 13.2. The van der Waals surface area contributed by atoms with Crippen LogP contribution < -0.4 is 0 Å². The number of likely N-dealkylation sites (N-methyl/N-ethyl adjacent to an activating group) is 1. The Bertz CT molecular complexity index is 1140. The number of sulfonamides is 1. The number of nitrogens with zero attached hydrogens (tertiary/aromatic N) is 2. The van der Waals surface area contributed by atoms with Crippen LogP contribution in [0.4, 0.5) is 13.2 Å². The highest BCUT2D eigenvalue weighted by molar-refractivity contribution is 7.89. The van der Waals surface area contributed by atoms with Gasteiger partial charge in [-0.15, -0.1) is 0 Å². The summed E-state index contributed by atoms with van der Waals surface area (Å²) >= 11 is 0. The first kappa shape index (κ1) is 24.6. The molecule has 1 aromatic carbocycles. The van der Waals surface area contributed by atoms with Crippen LogP contribution >= 0.6 is 0 Å². The standard InChI is InChI=1S/C20H23F3N2O5S/c1-11-16(12(2)24(4)17(11)19(27)30-6)18(26)13(3)25(5)31(28,29)15-9-7-8-14(10-15)20(21,22)23/h7-10,13H,1-6H3. The van der Waals surface area contributed by atoms with E-state index in [4.69, 9.17) is 4.74 Å². The van der Waals surface area contributed by atoms with Crippen LogP contribution in [-0.4, -0.2) is 49.2 Å². The molecule has 1 atom stereocenters. The van der Waals surface area contributed by atoms with Crippen LogP contribution in [0.5, 0.6) is 0 Å². The zero-order valence-corrected chi connectivity index (χ0v) is 18.7. The molecule has 0 aliphatic heterocycles. The molecule has 0 amide bonds. The van der Waals surface area contributed by atoms with Gasteiger partial charge in [-0.2, -0.15) is 17.5 Å². The van der Waals surface area contributed by atoms with Crippen molar-refractivity contribution in [3.05, 3.63) is 52.3 Å². The van der Waals surface area contributed by atoms with E-state index in [1.54, 1.807) is 20.9 Å². The van der Waals surface area contributed by atoms with Gasteiger partial charge >= 0.3 is 12.1 Å². The number of methoxy groups -OCH3 is 1. The lowest BCUT2D eigenvalue weighted by atomic mass is 10.0. The molecular formula is C20H23F3N2O5S. The highest BCUT2D eigenvalue weighted by Crippen LogP contribution is 2.32. The van der Waals surface area contributed by atoms with Gasteiger partial charge in [0.1, 0.15) is 5.69 Å². The van der Waals surface area contributed by atoms with Crippen molar-refractivity contribution in [3.63, 3.8) is 0 Å². The van der Waals surface area contributed by atoms with Gasteiger partial charge in [0, 0.05) is 25.4 Å². The monoisotopic (exact) mass is 460 g/mol. The molecule has 1 heterocycles. The van der Waals surface area contributed by atoms with Gasteiger partial charge in [0.2, 0.25) is 10.0 Å². The Kier molecular flexibility index (Phi) is 6.72. The molecule has 0 fully saturated rings. The van der Waals surface area contributed by atoms with Crippen molar-refractivity contribution in [3.8, 4) is 0 Å². The first-order chi connectivity index (χ1) is 14.2. The Morgan fingerprint density at radius 1 is 1.19 bits per heavy atom. The summed E-state index contributed by atoms with van der Waals surface area (Å²) in [6.07, 6.45) is -4.71. The number of carbonyl (C=O) groups excluding carboxylic acids is 2. The number of benzene rings is 1. The quantitative estimate of drug-likeness (QED) is 0.488. The molecule has 0 saturated heterocycles. The first-order valence-electron chi connectivity index (χ1n) is 9.09. The number of aromatic nitrogens is 1. The zero-order valence-electron chi connectivity index (χ0n) is 17.9. The van der Waals surface area contributed by atoms with E-state index in [9.17, 15) is 31.2 Å². The smallest absolute Gasteiger partial charge is 0.416 e. The Hall–Kier alpha value is -2.66.